The Morgan fingerprint density at radius 1 is 0.417 bits per heavy atom. The summed E-state index contributed by atoms with van der Waals surface area (Å²) in [6.07, 6.45) is 1.92. The average molecular weight is 647 g/mol. The standard InChI is InChI=1S/C44H26N2S2/c1-2-9-28-22-31(19-18-27(28)8-1)29-10-5-11-30(23-29)32-20-21-41-38(25-32)42-44(48-41)45-26-39(46-42)34-13-6-12-33(24-34)35-15-7-16-37-36-14-3-4-17-40(36)47-43(35)37/h1-26H. The lowest BCUT2D eigenvalue weighted by molar-refractivity contribution is 1.32. The van der Waals surface area contributed by atoms with Gasteiger partial charge in [0, 0.05) is 35.8 Å². The van der Waals surface area contributed by atoms with Crippen LogP contribution < -0.4 is 0 Å². The van der Waals surface area contributed by atoms with Gasteiger partial charge in [0.1, 0.15) is 10.3 Å². The molecule has 10 aromatic rings. The lowest BCUT2D eigenvalue weighted by Crippen LogP contribution is -1.88. The minimum atomic E-state index is 0.885. The van der Waals surface area contributed by atoms with E-state index in [0.717, 1.165) is 27.0 Å². The number of thiophene rings is 2. The molecule has 4 heteroatoms. The van der Waals surface area contributed by atoms with Gasteiger partial charge < -0.3 is 0 Å². The molecule has 0 unspecified atom stereocenters. The number of hydrogen-bond donors (Lipinski definition) is 0. The molecule has 0 atom stereocenters. The van der Waals surface area contributed by atoms with Gasteiger partial charge in [-0.25, -0.2) is 9.97 Å². The minimum Gasteiger partial charge on any atom is -0.243 e. The molecule has 0 N–H and O–H groups in total. The van der Waals surface area contributed by atoms with E-state index < -0.39 is 0 Å². The highest BCUT2D eigenvalue weighted by molar-refractivity contribution is 7.26. The summed E-state index contributed by atoms with van der Waals surface area (Å²) < 4.78 is 3.83. The Morgan fingerprint density at radius 2 is 1.08 bits per heavy atom. The second kappa shape index (κ2) is 11.0. The van der Waals surface area contributed by atoms with Crippen LogP contribution in [0, 0.1) is 0 Å². The van der Waals surface area contributed by atoms with Gasteiger partial charge >= 0.3 is 0 Å². The Bertz CT molecular complexity index is 2860. The summed E-state index contributed by atoms with van der Waals surface area (Å²) in [6, 6.07) is 54.8. The average Bonchev–Trinajstić information content (AvgIpc) is 3.72. The molecule has 2 nitrogen and oxygen atoms in total. The molecule has 3 aromatic heterocycles. The van der Waals surface area contributed by atoms with Gasteiger partial charge in [-0.15, -0.1) is 22.7 Å². The molecule has 0 aliphatic carbocycles. The molecule has 7 aromatic carbocycles. The summed E-state index contributed by atoms with van der Waals surface area (Å²) >= 11 is 3.56. The third-order valence-corrected chi connectivity index (χ3v) is 11.6. The van der Waals surface area contributed by atoms with Crippen LogP contribution in [0.4, 0.5) is 0 Å². The predicted octanol–water partition coefficient (Wildman–Crippen LogP) is 13.0. The van der Waals surface area contributed by atoms with Crippen molar-refractivity contribution in [2.45, 2.75) is 0 Å². The normalized spacial score (nSPS) is 11.8. The first-order valence-electron chi connectivity index (χ1n) is 16.1. The molecule has 0 aliphatic rings. The van der Waals surface area contributed by atoms with Gasteiger partial charge in [0.2, 0.25) is 0 Å². The second-order valence-corrected chi connectivity index (χ2v) is 14.3. The molecule has 10 rings (SSSR count). The Labute approximate surface area is 285 Å². The topological polar surface area (TPSA) is 25.8 Å². The van der Waals surface area contributed by atoms with E-state index in [2.05, 4.69) is 152 Å². The first-order chi connectivity index (χ1) is 23.7. The third kappa shape index (κ3) is 4.53. The van der Waals surface area contributed by atoms with Crippen LogP contribution in [-0.4, -0.2) is 9.97 Å². The van der Waals surface area contributed by atoms with Gasteiger partial charge in [-0.05, 0) is 80.6 Å². The molecule has 0 spiro atoms. The third-order valence-electron chi connectivity index (χ3n) is 9.33. The van der Waals surface area contributed by atoms with Gasteiger partial charge in [0.25, 0.3) is 0 Å². The smallest absolute Gasteiger partial charge is 0.143 e. The Kier molecular flexibility index (Phi) is 6.26. The van der Waals surface area contributed by atoms with Crippen molar-refractivity contribution in [2.75, 3.05) is 0 Å². The highest BCUT2D eigenvalue weighted by Gasteiger charge is 2.14. The zero-order valence-electron chi connectivity index (χ0n) is 25.7. The van der Waals surface area contributed by atoms with Crippen LogP contribution in [0.25, 0.3) is 96.0 Å². The van der Waals surface area contributed by atoms with E-state index in [-0.39, 0.29) is 0 Å². The quantitative estimate of drug-likeness (QED) is 0.190. The number of benzene rings is 7. The summed E-state index contributed by atoms with van der Waals surface area (Å²) in [7, 11) is 0. The zero-order chi connectivity index (χ0) is 31.6. The van der Waals surface area contributed by atoms with E-state index in [1.807, 2.05) is 17.5 Å². The van der Waals surface area contributed by atoms with Crippen molar-refractivity contribution in [3.63, 3.8) is 0 Å². The number of hydrogen-bond acceptors (Lipinski definition) is 4. The maximum absolute atomic E-state index is 5.24. The Balaban J connectivity index is 1.04. The first kappa shape index (κ1) is 27.4. The summed E-state index contributed by atoms with van der Waals surface area (Å²) in [5.74, 6) is 0. The van der Waals surface area contributed by atoms with E-state index >= 15 is 0 Å². The summed E-state index contributed by atoms with van der Waals surface area (Å²) in [6.45, 7) is 0. The van der Waals surface area contributed by atoms with Crippen molar-refractivity contribution in [3.8, 4) is 44.6 Å². The van der Waals surface area contributed by atoms with E-state index in [4.69, 9.17) is 9.97 Å². The van der Waals surface area contributed by atoms with Crippen LogP contribution in [0.5, 0.6) is 0 Å². The van der Waals surface area contributed by atoms with Gasteiger partial charge in [0.05, 0.1) is 11.9 Å². The number of nitrogens with zero attached hydrogens (tertiary/aromatic N) is 2. The molecule has 0 saturated heterocycles. The molecule has 48 heavy (non-hydrogen) atoms. The van der Waals surface area contributed by atoms with Crippen LogP contribution in [0.15, 0.2) is 158 Å². The summed E-state index contributed by atoms with van der Waals surface area (Å²) in [5.41, 5.74) is 10.1. The molecule has 0 aliphatic heterocycles. The predicted molar refractivity (Wildman–Crippen MR) is 207 cm³/mol. The molecule has 0 amide bonds. The highest BCUT2D eigenvalue weighted by atomic mass is 32.1. The lowest BCUT2D eigenvalue weighted by Gasteiger charge is -2.08. The molecule has 0 fully saturated rings. The van der Waals surface area contributed by atoms with Crippen LogP contribution in [0.3, 0.4) is 0 Å². The summed E-state index contributed by atoms with van der Waals surface area (Å²) in [5, 5.41) is 6.28. The van der Waals surface area contributed by atoms with Crippen LogP contribution in [0.2, 0.25) is 0 Å². The second-order valence-electron chi connectivity index (χ2n) is 12.2. The van der Waals surface area contributed by atoms with Crippen molar-refractivity contribution >= 4 is 74.1 Å². The Morgan fingerprint density at radius 3 is 2.00 bits per heavy atom. The van der Waals surface area contributed by atoms with Crippen molar-refractivity contribution in [2.24, 2.45) is 0 Å². The molecule has 0 radical (unpaired) electrons. The number of rotatable bonds is 4. The fourth-order valence-corrected chi connectivity index (χ4v) is 9.13. The van der Waals surface area contributed by atoms with Gasteiger partial charge in [0.15, 0.2) is 0 Å². The maximum Gasteiger partial charge on any atom is 0.143 e. The summed E-state index contributed by atoms with van der Waals surface area (Å²) in [4.78, 5) is 11.1. The lowest BCUT2D eigenvalue weighted by atomic mass is 9.97. The maximum atomic E-state index is 5.24. The first-order valence-corrected chi connectivity index (χ1v) is 17.7. The fourth-order valence-electron chi connectivity index (χ4n) is 6.92. The van der Waals surface area contributed by atoms with Gasteiger partial charge in [-0.2, -0.15) is 0 Å². The van der Waals surface area contributed by atoms with Gasteiger partial charge in [-0.1, -0.05) is 115 Å². The fraction of sp³-hybridized carbons (Fsp3) is 0. The van der Waals surface area contributed by atoms with Crippen molar-refractivity contribution in [1.82, 2.24) is 9.97 Å². The van der Waals surface area contributed by atoms with E-state index in [9.17, 15) is 0 Å². The number of aromatic nitrogens is 2. The molecule has 224 valence electrons. The molecule has 0 saturated carbocycles. The van der Waals surface area contributed by atoms with Crippen LogP contribution in [-0.2, 0) is 0 Å². The molecule has 0 bridgehead atoms. The molecule has 3 heterocycles. The van der Waals surface area contributed by atoms with Crippen LogP contribution >= 0.6 is 22.7 Å². The van der Waals surface area contributed by atoms with E-state index in [0.29, 0.717) is 0 Å². The van der Waals surface area contributed by atoms with E-state index in [1.54, 1.807) is 11.3 Å². The highest BCUT2D eigenvalue weighted by Crippen LogP contribution is 2.41. The largest absolute Gasteiger partial charge is 0.243 e. The zero-order valence-corrected chi connectivity index (χ0v) is 27.4. The van der Waals surface area contributed by atoms with E-state index in [1.165, 1.54) is 69.0 Å². The SMILES string of the molecule is c1cc(-c2ccc3ccccc3c2)cc(-c2ccc3sc4ncc(-c5cccc(-c6cccc7c6sc6ccccc67)c5)nc4c3c2)c1. The molecular weight excluding hydrogens is 621 g/mol. The monoisotopic (exact) mass is 646 g/mol. The minimum absolute atomic E-state index is 0.885. The van der Waals surface area contributed by atoms with Crippen LogP contribution in [0.1, 0.15) is 0 Å². The molecular formula is C44H26N2S2. The van der Waals surface area contributed by atoms with Crippen molar-refractivity contribution in [3.05, 3.63) is 158 Å². The number of fused-ring (bicyclic) bond motifs is 7. The van der Waals surface area contributed by atoms with Crippen molar-refractivity contribution < 1.29 is 0 Å². The van der Waals surface area contributed by atoms with Gasteiger partial charge in [-0.3, -0.25) is 0 Å². The Hall–Kier alpha value is -5.68. The van der Waals surface area contributed by atoms with Crippen molar-refractivity contribution in [1.29, 1.82) is 0 Å².